The third-order valence-corrected chi connectivity index (χ3v) is 3.29. The summed E-state index contributed by atoms with van der Waals surface area (Å²) in [5.74, 6) is 0.904. The molecule has 1 aliphatic rings. The van der Waals surface area contributed by atoms with Crippen molar-refractivity contribution < 1.29 is 4.92 Å². The van der Waals surface area contributed by atoms with Crippen LogP contribution in [0, 0.1) is 16.0 Å². The quantitative estimate of drug-likeness (QED) is 0.642. The molecule has 1 aromatic heterocycles. The van der Waals surface area contributed by atoms with Gasteiger partial charge in [0.15, 0.2) is 0 Å². The maximum Gasteiger partial charge on any atom is 0.330 e. The van der Waals surface area contributed by atoms with Gasteiger partial charge in [-0.3, -0.25) is 14.8 Å². The van der Waals surface area contributed by atoms with E-state index in [-0.39, 0.29) is 5.69 Å². The van der Waals surface area contributed by atoms with E-state index in [1.54, 1.807) is 7.05 Å². The van der Waals surface area contributed by atoms with E-state index in [1.165, 1.54) is 17.3 Å². The van der Waals surface area contributed by atoms with Gasteiger partial charge in [0.2, 0.25) is 5.82 Å². The number of aromatic nitrogens is 2. The van der Waals surface area contributed by atoms with Crippen LogP contribution in [0.25, 0.3) is 0 Å². The lowest BCUT2D eigenvalue weighted by atomic mass is 9.98. The highest BCUT2D eigenvalue weighted by Gasteiger charge is 2.21. The van der Waals surface area contributed by atoms with E-state index in [1.807, 2.05) is 0 Å². The Kier molecular flexibility index (Phi) is 3.81. The van der Waals surface area contributed by atoms with E-state index < -0.39 is 4.92 Å². The zero-order valence-electron chi connectivity index (χ0n) is 10.8. The fourth-order valence-corrected chi connectivity index (χ4v) is 2.42. The van der Waals surface area contributed by atoms with Gasteiger partial charge in [-0.05, 0) is 32.4 Å². The lowest BCUT2D eigenvalue weighted by Gasteiger charge is -2.29. The highest BCUT2D eigenvalue weighted by molar-refractivity contribution is 5.54. The van der Waals surface area contributed by atoms with Gasteiger partial charge in [-0.2, -0.15) is 0 Å². The Hall–Kier alpha value is -1.63. The van der Waals surface area contributed by atoms with Gasteiger partial charge in [-0.25, -0.2) is 0 Å². The summed E-state index contributed by atoms with van der Waals surface area (Å²) in [5, 5.41) is 18.0. The smallest absolute Gasteiger partial charge is 0.330 e. The molecule has 0 aliphatic carbocycles. The maximum atomic E-state index is 10.8. The Morgan fingerprint density at radius 3 is 3.06 bits per heavy atom. The van der Waals surface area contributed by atoms with Crippen molar-refractivity contribution in [3.8, 4) is 0 Å². The van der Waals surface area contributed by atoms with Gasteiger partial charge in [0.05, 0.1) is 4.92 Å². The van der Waals surface area contributed by atoms with Crippen molar-refractivity contribution in [2.75, 3.05) is 32.0 Å². The summed E-state index contributed by atoms with van der Waals surface area (Å²) < 4.78 is 1.47. The third kappa shape index (κ3) is 2.98. The Labute approximate surface area is 106 Å². The minimum Gasteiger partial charge on any atom is -0.363 e. The molecule has 1 fully saturated rings. The zero-order chi connectivity index (χ0) is 13.1. The molecule has 1 unspecified atom stereocenters. The molecular formula is C11H19N5O2. The van der Waals surface area contributed by atoms with E-state index in [2.05, 4.69) is 22.4 Å². The van der Waals surface area contributed by atoms with Crippen LogP contribution in [-0.2, 0) is 7.05 Å². The summed E-state index contributed by atoms with van der Waals surface area (Å²) >= 11 is 0. The van der Waals surface area contributed by atoms with Gasteiger partial charge in [-0.1, -0.05) is 0 Å². The standard InChI is InChI=1S/C11H19N5O2/c1-14-5-3-4-9(7-14)6-12-11-10(16(17)18)8-15(2)13-11/h8-9H,3-7H2,1-2H3,(H,12,13). The first-order valence-corrected chi connectivity index (χ1v) is 6.16. The summed E-state index contributed by atoms with van der Waals surface area (Å²) in [7, 11) is 3.79. The topological polar surface area (TPSA) is 76.2 Å². The molecule has 0 spiro atoms. The lowest BCUT2D eigenvalue weighted by Crippen LogP contribution is -2.35. The van der Waals surface area contributed by atoms with Crippen LogP contribution in [0.2, 0.25) is 0 Å². The molecule has 0 amide bonds. The number of hydrogen-bond donors (Lipinski definition) is 1. The first-order valence-electron chi connectivity index (χ1n) is 6.16. The Balaban J connectivity index is 1.95. The first kappa shape index (κ1) is 12.8. The summed E-state index contributed by atoms with van der Waals surface area (Å²) in [4.78, 5) is 12.7. The summed E-state index contributed by atoms with van der Waals surface area (Å²) in [6, 6.07) is 0. The third-order valence-electron chi connectivity index (χ3n) is 3.29. The number of rotatable bonds is 4. The van der Waals surface area contributed by atoms with Crippen LogP contribution < -0.4 is 5.32 Å². The first-order chi connectivity index (χ1) is 8.56. The molecule has 7 heteroatoms. The largest absolute Gasteiger partial charge is 0.363 e. The molecule has 2 heterocycles. The van der Waals surface area contributed by atoms with Crippen molar-refractivity contribution in [2.45, 2.75) is 12.8 Å². The van der Waals surface area contributed by atoms with Crippen LogP contribution in [0.4, 0.5) is 11.5 Å². The molecular weight excluding hydrogens is 234 g/mol. The molecule has 1 atom stereocenters. The van der Waals surface area contributed by atoms with Gasteiger partial charge < -0.3 is 10.2 Å². The molecule has 0 radical (unpaired) electrons. The highest BCUT2D eigenvalue weighted by Crippen LogP contribution is 2.23. The highest BCUT2D eigenvalue weighted by atomic mass is 16.6. The second-order valence-corrected chi connectivity index (χ2v) is 4.95. The minimum atomic E-state index is -0.400. The van der Waals surface area contributed by atoms with Crippen LogP contribution in [0.15, 0.2) is 6.20 Å². The average Bonchev–Trinajstić information content (AvgIpc) is 2.68. The van der Waals surface area contributed by atoms with E-state index in [0.29, 0.717) is 11.7 Å². The minimum absolute atomic E-state index is 0.0432. The van der Waals surface area contributed by atoms with Crippen molar-refractivity contribution in [3.05, 3.63) is 16.3 Å². The maximum absolute atomic E-state index is 10.8. The number of nitro groups is 1. The molecule has 0 bridgehead atoms. The average molecular weight is 253 g/mol. The molecule has 2 rings (SSSR count). The number of piperidine rings is 1. The fourth-order valence-electron chi connectivity index (χ4n) is 2.42. The van der Waals surface area contributed by atoms with Crippen LogP contribution in [0.3, 0.4) is 0 Å². The lowest BCUT2D eigenvalue weighted by molar-refractivity contribution is -0.384. The number of hydrogen-bond acceptors (Lipinski definition) is 5. The van der Waals surface area contributed by atoms with Crippen LogP contribution in [0.5, 0.6) is 0 Å². The second-order valence-electron chi connectivity index (χ2n) is 4.95. The predicted octanol–water partition coefficient (Wildman–Crippen LogP) is 1.08. The predicted molar refractivity (Wildman–Crippen MR) is 68.6 cm³/mol. The van der Waals surface area contributed by atoms with Crippen molar-refractivity contribution in [1.82, 2.24) is 14.7 Å². The van der Waals surface area contributed by atoms with Gasteiger partial charge >= 0.3 is 5.69 Å². The van der Waals surface area contributed by atoms with E-state index in [4.69, 9.17) is 0 Å². The molecule has 100 valence electrons. The van der Waals surface area contributed by atoms with Crippen LogP contribution >= 0.6 is 0 Å². The molecule has 1 N–H and O–H groups in total. The number of aryl methyl sites for hydroxylation is 1. The summed E-state index contributed by atoms with van der Waals surface area (Å²) in [6.45, 7) is 2.91. The van der Waals surface area contributed by atoms with Crippen molar-refractivity contribution in [1.29, 1.82) is 0 Å². The summed E-state index contributed by atoms with van der Waals surface area (Å²) in [5.41, 5.74) is 0.0432. The normalized spacial score (nSPS) is 20.9. The molecule has 0 aromatic carbocycles. The SMILES string of the molecule is CN1CCCC(CNc2nn(C)cc2[N+](=O)[O-])C1. The monoisotopic (exact) mass is 253 g/mol. The van der Waals surface area contributed by atoms with Crippen LogP contribution in [0.1, 0.15) is 12.8 Å². The molecule has 7 nitrogen and oxygen atoms in total. The van der Waals surface area contributed by atoms with E-state index in [0.717, 1.165) is 26.1 Å². The molecule has 1 aliphatic heterocycles. The van der Waals surface area contributed by atoms with Crippen molar-refractivity contribution >= 4 is 11.5 Å². The van der Waals surface area contributed by atoms with Crippen LogP contribution in [-0.4, -0.2) is 46.3 Å². The second kappa shape index (κ2) is 5.34. The summed E-state index contributed by atoms with van der Waals surface area (Å²) in [6.07, 6.45) is 3.78. The van der Waals surface area contributed by atoms with Crippen molar-refractivity contribution in [2.24, 2.45) is 13.0 Å². The molecule has 18 heavy (non-hydrogen) atoms. The van der Waals surface area contributed by atoms with Crippen molar-refractivity contribution in [3.63, 3.8) is 0 Å². The van der Waals surface area contributed by atoms with E-state index >= 15 is 0 Å². The Morgan fingerprint density at radius 1 is 1.61 bits per heavy atom. The number of likely N-dealkylation sites (tertiary alicyclic amines) is 1. The van der Waals surface area contributed by atoms with Gasteiger partial charge in [0.1, 0.15) is 6.20 Å². The molecule has 1 saturated heterocycles. The number of nitrogens with one attached hydrogen (secondary N) is 1. The Bertz CT molecular complexity index is 431. The number of anilines is 1. The molecule has 1 aromatic rings. The zero-order valence-corrected chi connectivity index (χ0v) is 10.8. The van der Waals surface area contributed by atoms with Gasteiger partial charge in [-0.15, -0.1) is 5.10 Å². The van der Waals surface area contributed by atoms with Gasteiger partial charge in [0, 0.05) is 20.1 Å². The molecule has 0 saturated carbocycles. The fraction of sp³-hybridized carbons (Fsp3) is 0.727. The van der Waals surface area contributed by atoms with E-state index in [9.17, 15) is 10.1 Å². The Morgan fingerprint density at radius 2 is 2.39 bits per heavy atom. The van der Waals surface area contributed by atoms with Gasteiger partial charge in [0.25, 0.3) is 0 Å². The number of nitrogens with zero attached hydrogens (tertiary/aromatic N) is 4.